The molecule has 0 spiro atoms. The van der Waals surface area contributed by atoms with Crippen molar-refractivity contribution in [3.8, 4) is 0 Å². The van der Waals surface area contributed by atoms with Gasteiger partial charge in [0.05, 0.1) is 0 Å². The van der Waals surface area contributed by atoms with Crippen molar-refractivity contribution in [1.82, 2.24) is 0 Å². The lowest BCUT2D eigenvalue weighted by Gasteiger charge is -2.26. The molecule has 1 aliphatic heterocycles. The number of halogens is 1. The van der Waals surface area contributed by atoms with Crippen LogP contribution in [0.2, 0.25) is 5.02 Å². The average Bonchev–Trinajstić information content (AvgIpc) is 2.38. The van der Waals surface area contributed by atoms with Crippen LogP contribution < -0.4 is 5.32 Å². The van der Waals surface area contributed by atoms with Crippen molar-refractivity contribution < 1.29 is 4.74 Å². The number of hydrogen-bond acceptors (Lipinski definition) is 3. The first-order valence-corrected chi connectivity index (χ1v) is 6.69. The first-order chi connectivity index (χ1) is 8.63. The molecule has 0 aromatic heterocycles. The molecule has 1 saturated heterocycles. The monoisotopic (exact) mass is 266 g/mol. The fraction of sp³-hybridized carbons (Fsp3) is 0.500. The molecule has 98 valence electrons. The quantitative estimate of drug-likeness (QED) is 0.815. The summed E-state index contributed by atoms with van der Waals surface area (Å²) in [4.78, 5) is 0. The maximum absolute atomic E-state index is 7.55. The molecule has 0 bridgehead atoms. The number of benzene rings is 1. The van der Waals surface area contributed by atoms with Gasteiger partial charge in [0.2, 0.25) is 0 Å². The molecular formula is C14H19ClN2O. The van der Waals surface area contributed by atoms with Gasteiger partial charge in [-0.15, -0.1) is 0 Å². The van der Waals surface area contributed by atoms with Crippen LogP contribution in [0.1, 0.15) is 36.0 Å². The van der Waals surface area contributed by atoms with E-state index in [0.717, 1.165) is 46.8 Å². The van der Waals surface area contributed by atoms with Crippen molar-refractivity contribution in [2.24, 2.45) is 0 Å². The molecule has 0 radical (unpaired) electrons. The second-order valence-corrected chi connectivity index (χ2v) is 5.12. The van der Waals surface area contributed by atoms with Crippen LogP contribution in [-0.2, 0) is 4.74 Å². The lowest BCUT2D eigenvalue weighted by molar-refractivity contribution is 0.0343. The normalized spacial score (nSPS) is 19.6. The Morgan fingerprint density at radius 3 is 2.83 bits per heavy atom. The minimum atomic E-state index is 0.0532. The van der Waals surface area contributed by atoms with Gasteiger partial charge in [-0.2, -0.15) is 0 Å². The zero-order chi connectivity index (χ0) is 13.1. The van der Waals surface area contributed by atoms with E-state index in [2.05, 4.69) is 5.32 Å². The Hall–Kier alpha value is -1.06. The van der Waals surface area contributed by atoms with Gasteiger partial charge >= 0.3 is 0 Å². The fourth-order valence-corrected chi connectivity index (χ4v) is 2.46. The lowest BCUT2D eigenvalue weighted by atomic mass is 10.0. The predicted octanol–water partition coefficient (Wildman–Crippen LogP) is 3.89. The van der Waals surface area contributed by atoms with Crippen LogP contribution in [0, 0.1) is 19.3 Å². The highest BCUT2D eigenvalue weighted by Gasteiger charge is 2.16. The summed E-state index contributed by atoms with van der Waals surface area (Å²) in [6.45, 7) is 4.74. The molecule has 0 amide bonds. The third kappa shape index (κ3) is 2.68. The van der Waals surface area contributed by atoms with E-state index in [1.165, 1.54) is 12.6 Å². The Morgan fingerprint density at radius 1 is 1.44 bits per heavy atom. The molecule has 3 nitrogen and oxygen atoms in total. The Bertz CT molecular complexity index is 454. The van der Waals surface area contributed by atoms with E-state index in [1.807, 2.05) is 19.9 Å². The SMILES string of the molecule is Cc1cc(NC2CCCCO2)c(C=N)c(C)c1Cl. The number of anilines is 1. The fourth-order valence-electron chi connectivity index (χ4n) is 2.31. The van der Waals surface area contributed by atoms with E-state index < -0.39 is 0 Å². The number of aryl methyl sites for hydroxylation is 1. The van der Waals surface area contributed by atoms with E-state index in [9.17, 15) is 0 Å². The standard InChI is InChI=1S/C14H19ClN2O/c1-9-7-12(11(8-16)10(2)14(9)15)17-13-5-3-4-6-18-13/h7-8,13,16-17H,3-6H2,1-2H3. The second kappa shape index (κ2) is 5.72. The van der Waals surface area contributed by atoms with Crippen LogP contribution in [0.25, 0.3) is 0 Å². The summed E-state index contributed by atoms with van der Waals surface area (Å²) in [5, 5.41) is 11.7. The van der Waals surface area contributed by atoms with Gasteiger partial charge in [-0.3, -0.25) is 0 Å². The lowest BCUT2D eigenvalue weighted by Crippen LogP contribution is -2.27. The summed E-state index contributed by atoms with van der Waals surface area (Å²) in [6.07, 6.45) is 4.74. The summed E-state index contributed by atoms with van der Waals surface area (Å²) in [6, 6.07) is 1.99. The number of hydrogen-bond donors (Lipinski definition) is 2. The van der Waals surface area contributed by atoms with Gasteiger partial charge in [-0.1, -0.05) is 11.6 Å². The van der Waals surface area contributed by atoms with Crippen molar-refractivity contribution in [2.45, 2.75) is 39.3 Å². The highest BCUT2D eigenvalue weighted by molar-refractivity contribution is 6.32. The van der Waals surface area contributed by atoms with Gasteiger partial charge in [0.15, 0.2) is 0 Å². The van der Waals surface area contributed by atoms with Gasteiger partial charge in [-0.25, -0.2) is 0 Å². The van der Waals surface area contributed by atoms with E-state index in [4.69, 9.17) is 21.7 Å². The van der Waals surface area contributed by atoms with Crippen molar-refractivity contribution in [2.75, 3.05) is 11.9 Å². The molecule has 2 N–H and O–H groups in total. The highest BCUT2D eigenvalue weighted by atomic mass is 35.5. The molecule has 2 rings (SSSR count). The van der Waals surface area contributed by atoms with Crippen molar-refractivity contribution >= 4 is 23.5 Å². The van der Waals surface area contributed by atoms with E-state index in [1.54, 1.807) is 0 Å². The maximum Gasteiger partial charge on any atom is 0.127 e. The summed E-state index contributed by atoms with van der Waals surface area (Å²) in [7, 11) is 0. The van der Waals surface area contributed by atoms with E-state index in [-0.39, 0.29) is 6.23 Å². The average molecular weight is 267 g/mol. The first kappa shape index (κ1) is 13.4. The molecule has 4 heteroatoms. The second-order valence-electron chi connectivity index (χ2n) is 4.74. The number of rotatable bonds is 3. The number of ether oxygens (including phenoxy) is 1. The summed E-state index contributed by atoms with van der Waals surface area (Å²) >= 11 is 6.21. The summed E-state index contributed by atoms with van der Waals surface area (Å²) in [5.41, 5.74) is 3.76. The third-order valence-electron chi connectivity index (χ3n) is 3.37. The maximum atomic E-state index is 7.55. The molecule has 1 fully saturated rings. The van der Waals surface area contributed by atoms with Crippen molar-refractivity contribution in [3.63, 3.8) is 0 Å². The van der Waals surface area contributed by atoms with Gasteiger partial charge in [0.25, 0.3) is 0 Å². The minimum Gasteiger partial charge on any atom is -0.360 e. The molecule has 1 unspecified atom stereocenters. The van der Waals surface area contributed by atoms with Gasteiger partial charge in [0, 0.05) is 29.1 Å². The Morgan fingerprint density at radius 2 is 2.22 bits per heavy atom. The Kier molecular flexibility index (Phi) is 4.25. The van der Waals surface area contributed by atoms with Crippen LogP contribution in [0.5, 0.6) is 0 Å². The Balaban J connectivity index is 2.28. The predicted molar refractivity (Wildman–Crippen MR) is 76.0 cm³/mol. The van der Waals surface area contributed by atoms with E-state index in [0.29, 0.717) is 0 Å². The smallest absolute Gasteiger partial charge is 0.127 e. The van der Waals surface area contributed by atoms with Gasteiger partial charge < -0.3 is 15.5 Å². The van der Waals surface area contributed by atoms with Crippen molar-refractivity contribution in [3.05, 3.63) is 27.8 Å². The molecule has 18 heavy (non-hydrogen) atoms. The van der Waals surface area contributed by atoms with Crippen LogP contribution in [0.3, 0.4) is 0 Å². The van der Waals surface area contributed by atoms with Crippen LogP contribution >= 0.6 is 11.6 Å². The Labute approximate surface area is 113 Å². The molecule has 1 aliphatic rings. The largest absolute Gasteiger partial charge is 0.360 e. The van der Waals surface area contributed by atoms with Crippen LogP contribution in [-0.4, -0.2) is 19.0 Å². The molecule has 0 saturated carbocycles. The molecule has 1 aromatic carbocycles. The highest BCUT2D eigenvalue weighted by Crippen LogP contribution is 2.30. The zero-order valence-electron chi connectivity index (χ0n) is 10.8. The summed E-state index contributed by atoms with van der Waals surface area (Å²) < 4.78 is 5.67. The van der Waals surface area contributed by atoms with Crippen LogP contribution in [0.15, 0.2) is 6.07 Å². The topological polar surface area (TPSA) is 45.1 Å². The first-order valence-electron chi connectivity index (χ1n) is 6.31. The molecule has 1 heterocycles. The molecule has 1 aromatic rings. The zero-order valence-corrected chi connectivity index (χ0v) is 11.6. The van der Waals surface area contributed by atoms with E-state index >= 15 is 0 Å². The van der Waals surface area contributed by atoms with Gasteiger partial charge in [-0.05, 0) is 50.3 Å². The van der Waals surface area contributed by atoms with Crippen LogP contribution in [0.4, 0.5) is 5.69 Å². The third-order valence-corrected chi connectivity index (χ3v) is 3.95. The number of nitrogens with one attached hydrogen (secondary N) is 2. The minimum absolute atomic E-state index is 0.0532. The molecular weight excluding hydrogens is 248 g/mol. The molecule has 1 atom stereocenters. The molecule has 0 aliphatic carbocycles. The van der Waals surface area contributed by atoms with Gasteiger partial charge in [0.1, 0.15) is 6.23 Å². The summed E-state index contributed by atoms with van der Waals surface area (Å²) in [5.74, 6) is 0. The van der Waals surface area contributed by atoms with Crippen molar-refractivity contribution in [1.29, 1.82) is 5.41 Å².